The summed E-state index contributed by atoms with van der Waals surface area (Å²) in [4.78, 5) is 28.9. The van der Waals surface area contributed by atoms with Gasteiger partial charge in [0.05, 0.1) is 0 Å². The summed E-state index contributed by atoms with van der Waals surface area (Å²) in [5.74, 6) is 0.296. The molecule has 0 bridgehead atoms. The molecule has 6 N–H and O–H groups in total. The van der Waals surface area contributed by atoms with Crippen molar-refractivity contribution in [2.75, 3.05) is 75.8 Å². The summed E-state index contributed by atoms with van der Waals surface area (Å²) in [6.45, 7) is 1.71. The second kappa shape index (κ2) is 20.2. The van der Waals surface area contributed by atoms with E-state index in [0.717, 1.165) is 12.1 Å². The van der Waals surface area contributed by atoms with E-state index in [1.54, 1.807) is 0 Å². The molecule has 0 aliphatic carbocycles. The van der Waals surface area contributed by atoms with E-state index >= 15 is 0 Å². The molecule has 2 aromatic heterocycles. The molecule has 324 valence electrons. The first-order valence-electron chi connectivity index (χ1n) is 18.7. The maximum Gasteiger partial charge on any atom is 0.323 e. The minimum absolute atomic E-state index is 0.000644. The number of rotatable bonds is 20. The Morgan fingerprint density at radius 2 is 0.839 bits per heavy atom. The average molecular weight is 885 g/mol. The molecule has 0 saturated carbocycles. The third-order valence-corrected chi connectivity index (χ3v) is 10.2. The number of hydrogen-bond donors (Lipinski definition) is 6. The largest absolute Gasteiger partial charge is 0.462 e. The second-order valence-electron chi connectivity index (χ2n) is 13.9. The normalized spacial score (nSPS) is 11.8. The number of para-hydroxylation sites is 2. The first-order valence-corrected chi connectivity index (χ1v) is 21.6. The summed E-state index contributed by atoms with van der Waals surface area (Å²) >= 11 is 0. The summed E-state index contributed by atoms with van der Waals surface area (Å²) < 4.78 is 82.8. The van der Waals surface area contributed by atoms with Crippen molar-refractivity contribution in [1.29, 1.82) is 0 Å². The Hall–Kier alpha value is -6.82. The molecule has 2 heterocycles. The van der Waals surface area contributed by atoms with Crippen LogP contribution in [0.3, 0.4) is 0 Å². The van der Waals surface area contributed by atoms with Gasteiger partial charge in [-0.15, -0.1) is 0 Å². The zero-order valence-electron chi connectivity index (χ0n) is 34.0. The van der Waals surface area contributed by atoms with E-state index in [2.05, 4.69) is 51.2 Å². The molecule has 22 heteroatoms. The van der Waals surface area contributed by atoms with Crippen LogP contribution in [-0.4, -0.2) is 120 Å². The molecule has 20 nitrogen and oxygen atoms in total. The van der Waals surface area contributed by atoms with Gasteiger partial charge in [-0.05, 0) is 87.8 Å². The van der Waals surface area contributed by atoms with Gasteiger partial charge in [0.1, 0.15) is 23.0 Å². The minimum Gasteiger partial charge on any atom is -0.462 e. The van der Waals surface area contributed by atoms with Crippen LogP contribution in [-0.2, 0) is 20.2 Å². The SMILES string of the molecule is CN(C)CCOc1nc(Nc2ccccc2)nc(Nc2ccc(/C=C/c3ccc(Nc4nc(Nc5ccccc5)nc(OCCN(C)C)n4)cc3S(=O)(=O)O)c(S(=O)(=O)O)c2)n1. The Labute approximate surface area is 358 Å². The highest BCUT2D eigenvalue weighted by Crippen LogP contribution is 2.29. The summed E-state index contributed by atoms with van der Waals surface area (Å²) in [5.41, 5.74) is 1.71. The van der Waals surface area contributed by atoms with Crippen molar-refractivity contribution in [3.8, 4) is 12.0 Å². The van der Waals surface area contributed by atoms with Crippen molar-refractivity contribution in [2.24, 2.45) is 0 Å². The van der Waals surface area contributed by atoms with Crippen molar-refractivity contribution in [3.05, 3.63) is 108 Å². The number of aromatic nitrogens is 6. The third kappa shape index (κ3) is 13.3. The molecule has 0 radical (unpaired) electrons. The van der Waals surface area contributed by atoms with Crippen LogP contribution in [0, 0.1) is 0 Å². The van der Waals surface area contributed by atoms with Gasteiger partial charge >= 0.3 is 12.0 Å². The third-order valence-electron chi connectivity index (χ3n) is 8.37. The molecule has 0 atom stereocenters. The lowest BCUT2D eigenvalue weighted by Gasteiger charge is -2.13. The predicted molar refractivity (Wildman–Crippen MR) is 235 cm³/mol. The van der Waals surface area contributed by atoms with Crippen LogP contribution >= 0.6 is 0 Å². The summed E-state index contributed by atoms with van der Waals surface area (Å²) in [6, 6.07) is 26.4. The highest BCUT2D eigenvalue weighted by Gasteiger charge is 2.19. The molecule has 0 saturated heterocycles. The fourth-order valence-corrected chi connectivity index (χ4v) is 6.81. The average Bonchev–Trinajstić information content (AvgIpc) is 3.20. The molecule has 6 aromatic rings. The highest BCUT2D eigenvalue weighted by atomic mass is 32.2. The Bertz CT molecular complexity index is 2540. The molecule has 4 aromatic carbocycles. The molecule has 0 aliphatic heterocycles. The maximum atomic E-state index is 12.7. The smallest absolute Gasteiger partial charge is 0.323 e. The molecule has 0 fully saturated rings. The number of ether oxygens (including phenoxy) is 2. The lowest BCUT2D eigenvalue weighted by atomic mass is 10.1. The molecule has 0 aliphatic rings. The van der Waals surface area contributed by atoms with Gasteiger partial charge in [0, 0.05) is 35.8 Å². The molecule has 6 rings (SSSR count). The Balaban J connectivity index is 1.26. The van der Waals surface area contributed by atoms with Gasteiger partial charge in [0.2, 0.25) is 23.8 Å². The van der Waals surface area contributed by atoms with Gasteiger partial charge in [-0.25, -0.2) is 0 Å². The molecule has 62 heavy (non-hydrogen) atoms. The fourth-order valence-electron chi connectivity index (χ4n) is 5.39. The van der Waals surface area contributed by atoms with Crippen LogP contribution in [0.5, 0.6) is 12.0 Å². The van der Waals surface area contributed by atoms with Gasteiger partial charge in [-0.2, -0.15) is 46.7 Å². The van der Waals surface area contributed by atoms with Crippen molar-refractivity contribution in [3.63, 3.8) is 0 Å². The number of benzene rings is 4. The monoisotopic (exact) mass is 884 g/mol. The van der Waals surface area contributed by atoms with E-state index in [-0.39, 0.29) is 71.5 Å². The number of anilines is 8. The van der Waals surface area contributed by atoms with Crippen LogP contribution in [0.2, 0.25) is 0 Å². The van der Waals surface area contributed by atoms with E-state index in [9.17, 15) is 25.9 Å². The van der Waals surface area contributed by atoms with Crippen LogP contribution in [0.15, 0.2) is 107 Å². The van der Waals surface area contributed by atoms with Gasteiger partial charge in [-0.3, -0.25) is 9.11 Å². The van der Waals surface area contributed by atoms with Gasteiger partial charge < -0.3 is 40.5 Å². The van der Waals surface area contributed by atoms with E-state index < -0.39 is 30.0 Å². The standard InChI is InChI=1S/C40H44N12O8S2/c1-51(2)21-23-59-39-47-35(41-29-11-7-5-8-12-29)45-37(49-39)43-31-19-17-27(33(25-31)61(53,54)55)15-16-28-18-20-32(26-34(28)62(56,57)58)44-38-46-36(42-30-13-9-6-10-14-30)48-40(50-38)60-24-22-52(3)4/h5-20,25-26H,21-24H2,1-4H3,(H,53,54,55)(H,56,57,58)(H2,41,43,45,47,49)(H2,42,44,46,48,50)/b16-15+. The van der Waals surface area contributed by atoms with Crippen LogP contribution in [0.1, 0.15) is 11.1 Å². The number of nitrogens with zero attached hydrogens (tertiary/aromatic N) is 8. The number of nitrogens with one attached hydrogen (secondary N) is 4. The van der Waals surface area contributed by atoms with Crippen molar-refractivity contribution in [2.45, 2.75) is 9.79 Å². The topological polar surface area (TPSA) is 259 Å². The molecular weight excluding hydrogens is 841 g/mol. The first-order chi connectivity index (χ1) is 29.6. The zero-order chi connectivity index (χ0) is 44.3. The van der Waals surface area contributed by atoms with Gasteiger partial charge in [0.25, 0.3) is 20.2 Å². The zero-order valence-corrected chi connectivity index (χ0v) is 35.6. The Kier molecular flexibility index (Phi) is 14.5. The lowest BCUT2D eigenvalue weighted by molar-refractivity contribution is 0.245. The second-order valence-corrected chi connectivity index (χ2v) is 16.6. The highest BCUT2D eigenvalue weighted by molar-refractivity contribution is 7.86. The van der Waals surface area contributed by atoms with E-state index in [0.29, 0.717) is 24.5 Å². The number of likely N-dealkylation sites (N-methyl/N-ethyl adjacent to an activating group) is 2. The van der Waals surface area contributed by atoms with E-state index in [4.69, 9.17) is 9.47 Å². The Morgan fingerprint density at radius 1 is 0.500 bits per heavy atom. The lowest BCUT2D eigenvalue weighted by Crippen LogP contribution is -2.20. The quantitative estimate of drug-likeness (QED) is 0.0404. The van der Waals surface area contributed by atoms with Crippen LogP contribution < -0.4 is 30.7 Å². The molecule has 0 spiro atoms. The number of hydrogen-bond acceptors (Lipinski definition) is 18. The van der Waals surface area contributed by atoms with Crippen molar-refractivity contribution >= 4 is 78.9 Å². The summed E-state index contributed by atoms with van der Waals surface area (Å²) in [5, 5.41) is 12.0. The molecule has 0 unspecified atom stereocenters. The fraction of sp³-hybridized carbons (Fsp3) is 0.200. The summed E-state index contributed by atoms with van der Waals surface area (Å²) in [7, 11) is -2.14. The van der Waals surface area contributed by atoms with Crippen molar-refractivity contribution < 1.29 is 35.4 Å². The van der Waals surface area contributed by atoms with Gasteiger partial charge in [0.15, 0.2) is 0 Å². The summed E-state index contributed by atoms with van der Waals surface area (Å²) in [6.07, 6.45) is 2.55. The Morgan fingerprint density at radius 3 is 1.16 bits per heavy atom. The molecule has 0 amide bonds. The van der Waals surface area contributed by atoms with Crippen molar-refractivity contribution in [1.82, 2.24) is 39.7 Å². The minimum atomic E-state index is -4.85. The first kappa shape index (κ1) is 44.7. The van der Waals surface area contributed by atoms with E-state index in [1.807, 2.05) is 98.7 Å². The van der Waals surface area contributed by atoms with Crippen LogP contribution in [0.4, 0.5) is 46.5 Å². The maximum absolute atomic E-state index is 12.7. The molecular formula is C40H44N12O8S2. The predicted octanol–water partition coefficient (Wildman–Crippen LogP) is 5.58. The van der Waals surface area contributed by atoms with E-state index in [1.165, 1.54) is 36.4 Å². The van der Waals surface area contributed by atoms with Crippen LogP contribution in [0.25, 0.3) is 12.2 Å². The van der Waals surface area contributed by atoms with Gasteiger partial charge in [-0.1, -0.05) is 60.7 Å².